The molecule has 5 rings (SSSR count). The molecule has 3 aromatic carbocycles. The molecule has 0 aromatic heterocycles. The first-order chi connectivity index (χ1) is 17.1. The average Bonchev–Trinajstić information content (AvgIpc) is 3.23. The van der Waals surface area contributed by atoms with Crippen LogP contribution in [0, 0.1) is 0 Å². The van der Waals surface area contributed by atoms with E-state index in [2.05, 4.69) is 10.2 Å². The lowest BCUT2D eigenvalue weighted by atomic mass is 10.1. The Morgan fingerprint density at radius 2 is 1.60 bits per heavy atom. The van der Waals surface area contributed by atoms with E-state index >= 15 is 0 Å². The smallest absolute Gasteiger partial charge is 0.321 e. The number of hydrogen-bond donors (Lipinski definition) is 1. The van der Waals surface area contributed by atoms with Crippen LogP contribution in [0.25, 0.3) is 0 Å². The van der Waals surface area contributed by atoms with E-state index in [1.54, 1.807) is 32.4 Å². The van der Waals surface area contributed by atoms with Crippen molar-refractivity contribution in [1.29, 1.82) is 0 Å². The number of ether oxygens (including phenoxy) is 3. The molecule has 35 heavy (non-hydrogen) atoms. The van der Waals surface area contributed by atoms with Gasteiger partial charge in [0.05, 0.1) is 19.8 Å². The molecule has 0 bridgehead atoms. The third-order valence-corrected chi connectivity index (χ3v) is 6.12. The highest BCUT2D eigenvalue weighted by Gasteiger charge is 2.26. The van der Waals surface area contributed by atoms with Crippen molar-refractivity contribution in [1.82, 2.24) is 9.80 Å². The maximum atomic E-state index is 13.1. The number of fused-ring (bicyclic) bond motifs is 2. The second-order valence-corrected chi connectivity index (χ2v) is 8.36. The zero-order chi connectivity index (χ0) is 24.2. The lowest BCUT2D eigenvalue weighted by Gasteiger charge is -2.25. The van der Waals surface area contributed by atoms with Crippen molar-refractivity contribution < 1.29 is 19.0 Å². The predicted octanol–water partition coefficient (Wildman–Crippen LogP) is 5.13. The number of carbonyl (C=O) groups excluding carboxylic acids is 1. The van der Waals surface area contributed by atoms with Gasteiger partial charge in [-0.3, -0.25) is 0 Å². The van der Waals surface area contributed by atoms with Gasteiger partial charge in [-0.2, -0.15) is 0 Å². The monoisotopic (exact) mass is 472 g/mol. The summed E-state index contributed by atoms with van der Waals surface area (Å²) >= 11 is 0. The molecule has 1 fully saturated rings. The summed E-state index contributed by atoms with van der Waals surface area (Å²) in [5.41, 5.74) is 2.37. The van der Waals surface area contributed by atoms with Gasteiger partial charge < -0.3 is 29.3 Å². The summed E-state index contributed by atoms with van der Waals surface area (Å²) < 4.78 is 16.8. The number of para-hydroxylation sites is 3. The number of amides is 2. The van der Waals surface area contributed by atoms with Gasteiger partial charge in [0.15, 0.2) is 5.75 Å². The Hall–Kier alpha value is -4.20. The fourth-order valence-corrected chi connectivity index (χ4v) is 4.32. The number of nitrogens with one attached hydrogen (secondary N) is 1. The maximum Gasteiger partial charge on any atom is 0.321 e. The molecular formula is C27H28N4O4. The van der Waals surface area contributed by atoms with Crippen LogP contribution in [0.15, 0.2) is 71.7 Å². The number of anilines is 1. The molecule has 2 heterocycles. The van der Waals surface area contributed by atoms with Crippen LogP contribution in [0.1, 0.15) is 12.0 Å². The topological polar surface area (TPSA) is 75.6 Å². The number of aliphatic imine (C=N–C) groups is 1. The number of amidine groups is 1. The molecular weight excluding hydrogens is 444 g/mol. The molecule has 180 valence electrons. The zero-order valence-electron chi connectivity index (χ0n) is 19.9. The van der Waals surface area contributed by atoms with Crippen molar-refractivity contribution in [2.24, 2.45) is 4.99 Å². The fraction of sp³-hybridized carbons (Fsp3) is 0.259. The normalized spacial score (nSPS) is 15.0. The Morgan fingerprint density at radius 3 is 2.37 bits per heavy atom. The zero-order valence-corrected chi connectivity index (χ0v) is 19.9. The molecule has 8 heteroatoms. The summed E-state index contributed by atoms with van der Waals surface area (Å²) in [6, 6.07) is 20.9. The molecule has 1 N–H and O–H groups in total. The number of methoxy groups -OCH3 is 2. The Morgan fingerprint density at radius 1 is 0.886 bits per heavy atom. The predicted molar refractivity (Wildman–Crippen MR) is 135 cm³/mol. The molecule has 2 aliphatic rings. The quantitative estimate of drug-likeness (QED) is 0.572. The summed E-state index contributed by atoms with van der Waals surface area (Å²) in [5.74, 6) is 3.62. The van der Waals surface area contributed by atoms with Crippen molar-refractivity contribution in [3.63, 3.8) is 0 Å². The van der Waals surface area contributed by atoms with Gasteiger partial charge in [0.2, 0.25) is 0 Å². The molecule has 0 atom stereocenters. The molecule has 2 aliphatic heterocycles. The second-order valence-electron chi connectivity index (χ2n) is 8.36. The van der Waals surface area contributed by atoms with E-state index < -0.39 is 0 Å². The molecule has 2 amide bonds. The maximum absolute atomic E-state index is 13.1. The standard InChI is InChI=1S/C27H28N4O4/c1-33-20-16-19(17-21(18-20)34-2)28-27(32)31-13-7-12-30(14-15-31)26-22-8-3-5-10-24(22)35-25-11-6-4-9-23(25)29-26/h3-6,8-11,16-18H,7,12-15H2,1-2H3,(H,28,32). The van der Waals surface area contributed by atoms with Crippen LogP contribution in [0.4, 0.5) is 16.2 Å². The molecule has 0 spiro atoms. The molecule has 8 nitrogen and oxygen atoms in total. The minimum absolute atomic E-state index is 0.154. The van der Waals surface area contributed by atoms with Crippen LogP contribution in [0.3, 0.4) is 0 Å². The highest BCUT2D eigenvalue weighted by atomic mass is 16.5. The van der Waals surface area contributed by atoms with Gasteiger partial charge in [0.25, 0.3) is 0 Å². The van der Waals surface area contributed by atoms with Crippen LogP contribution in [-0.4, -0.2) is 62.1 Å². The van der Waals surface area contributed by atoms with Crippen molar-refractivity contribution >= 4 is 23.2 Å². The van der Waals surface area contributed by atoms with Crippen LogP contribution in [0.2, 0.25) is 0 Å². The van der Waals surface area contributed by atoms with Crippen LogP contribution >= 0.6 is 0 Å². The van der Waals surface area contributed by atoms with Gasteiger partial charge in [0.1, 0.15) is 28.8 Å². The van der Waals surface area contributed by atoms with E-state index in [9.17, 15) is 4.79 Å². The Bertz CT molecular complexity index is 1240. The Labute approximate surface area is 204 Å². The first-order valence-electron chi connectivity index (χ1n) is 11.6. The van der Waals surface area contributed by atoms with Crippen LogP contribution in [-0.2, 0) is 0 Å². The van der Waals surface area contributed by atoms with Crippen LogP contribution < -0.4 is 19.5 Å². The fourth-order valence-electron chi connectivity index (χ4n) is 4.32. The second kappa shape index (κ2) is 9.97. The average molecular weight is 473 g/mol. The van der Waals surface area contributed by atoms with Crippen molar-refractivity contribution in [2.75, 3.05) is 45.7 Å². The van der Waals surface area contributed by atoms with Crippen molar-refractivity contribution in [3.05, 3.63) is 72.3 Å². The number of carbonyl (C=O) groups is 1. The van der Waals surface area contributed by atoms with Gasteiger partial charge in [-0.15, -0.1) is 0 Å². The van der Waals surface area contributed by atoms with Crippen molar-refractivity contribution in [2.45, 2.75) is 6.42 Å². The van der Waals surface area contributed by atoms with Gasteiger partial charge >= 0.3 is 6.03 Å². The summed E-state index contributed by atoms with van der Waals surface area (Å²) in [7, 11) is 3.17. The van der Waals surface area contributed by atoms with E-state index in [1.807, 2.05) is 53.4 Å². The number of urea groups is 1. The number of hydrogen-bond acceptors (Lipinski definition) is 6. The number of benzene rings is 3. The largest absolute Gasteiger partial charge is 0.497 e. The first-order valence-corrected chi connectivity index (χ1v) is 11.6. The van der Waals surface area contributed by atoms with E-state index in [1.165, 1.54) is 0 Å². The van der Waals surface area contributed by atoms with Gasteiger partial charge in [-0.1, -0.05) is 24.3 Å². The minimum atomic E-state index is -0.154. The molecule has 0 aliphatic carbocycles. The Balaban J connectivity index is 1.34. The lowest BCUT2D eigenvalue weighted by molar-refractivity contribution is 0.214. The Kier molecular flexibility index (Phi) is 6.43. The molecule has 1 saturated heterocycles. The third kappa shape index (κ3) is 4.87. The molecule has 0 unspecified atom stereocenters. The highest BCUT2D eigenvalue weighted by Crippen LogP contribution is 2.38. The lowest BCUT2D eigenvalue weighted by Crippen LogP contribution is -2.39. The van der Waals surface area contributed by atoms with E-state index in [0.717, 1.165) is 41.6 Å². The van der Waals surface area contributed by atoms with Gasteiger partial charge in [0, 0.05) is 50.1 Å². The third-order valence-electron chi connectivity index (χ3n) is 6.12. The summed E-state index contributed by atoms with van der Waals surface area (Å²) in [4.78, 5) is 22.2. The van der Waals surface area contributed by atoms with Gasteiger partial charge in [-0.25, -0.2) is 9.79 Å². The first kappa shape index (κ1) is 22.6. The summed E-state index contributed by atoms with van der Waals surface area (Å²) in [6.07, 6.45) is 0.818. The highest BCUT2D eigenvalue weighted by molar-refractivity contribution is 6.03. The molecule has 3 aromatic rings. The molecule has 0 radical (unpaired) electrons. The molecule has 0 saturated carbocycles. The SMILES string of the molecule is COc1cc(NC(=O)N2CCCN(C3=Nc4ccccc4Oc4ccccc43)CC2)cc(OC)c1. The minimum Gasteiger partial charge on any atom is -0.497 e. The van der Waals surface area contributed by atoms with Crippen molar-refractivity contribution in [3.8, 4) is 23.0 Å². The van der Waals surface area contributed by atoms with E-state index in [-0.39, 0.29) is 6.03 Å². The van der Waals surface area contributed by atoms with E-state index in [4.69, 9.17) is 19.2 Å². The summed E-state index contributed by atoms with van der Waals surface area (Å²) in [6.45, 7) is 2.65. The van der Waals surface area contributed by atoms with E-state index in [0.29, 0.717) is 36.8 Å². The number of nitrogens with zero attached hydrogens (tertiary/aromatic N) is 3. The number of rotatable bonds is 3. The van der Waals surface area contributed by atoms with Gasteiger partial charge in [-0.05, 0) is 30.7 Å². The summed E-state index contributed by atoms with van der Waals surface area (Å²) in [5, 5.41) is 2.98. The van der Waals surface area contributed by atoms with Crippen LogP contribution in [0.5, 0.6) is 23.0 Å².